The van der Waals surface area contributed by atoms with Crippen molar-refractivity contribution in [2.45, 2.75) is 24.4 Å². The maximum atomic E-state index is 12.8. The van der Waals surface area contributed by atoms with Gasteiger partial charge >= 0.3 is 11.9 Å². The van der Waals surface area contributed by atoms with Gasteiger partial charge in [-0.3, -0.25) is 9.78 Å². The molecular formula is C20H14F3N5O2. The SMILES string of the molecule is O=c1[nH]cc(-c2cc([C@H]3C[C@@H]3c3ccc(C(F)(F)F)cc3)c3nccn3n2)c(=O)[nH]1. The number of nitrogens with one attached hydrogen (secondary N) is 2. The molecule has 0 spiro atoms. The molecule has 0 saturated heterocycles. The van der Waals surface area contributed by atoms with Crippen molar-refractivity contribution in [2.24, 2.45) is 0 Å². The number of H-pyrrole nitrogens is 2. The monoisotopic (exact) mass is 413 g/mol. The molecular weight excluding hydrogens is 399 g/mol. The molecule has 1 saturated carbocycles. The predicted molar refractivity (Wildman–Crippen MR) is 101 cm³/mol. The minimum Gasteiger partial charge on any atom is -0.313 e. The fraction of sp³-hybridized carbons (Fsp3) is 0.200. The van der Waals surface area contributed by atoms with Gasteiger partial charge in [0.1, 0.15) is 0 Å². The number of rotatable bonds is 3. The number of halogens is 3. The topological polar surface area (TPSA) is 95.9 Å². The number of imidazole rings is 1. The first-order valence-electron chi connectivity index (χ1n) is 9.15. The summed E-state index contributed by atoms with van der Waals surface area (Å²) in [7, 11) is 0. The molecule has 0 amide bonds. The number of hydrogen-bond acceptors (Lipinski definition) is 4. The molecule has 10 heteroatoms. The first-order chi connectivity index (χ1) is 14.3. The molecule has 7 nitrogen and oxygen atoms in total. The van der Waals surface area contributed by atoms with Crippen LogP contribution in [0.15, 0.2) is 58.5 Å². The third-order valence-electron chi connectivity index (χ3n) is 5.34. The average Bonchev–Trinajstić information content (AvgIpc) is 3.35. The molecule has 0 aliphatic heterocycles. The number of hydrogen-bond donors (Lipinski definition) is 2. The molecule has 3 heterocycles. The van der Waals surface area contributed by atoms with E-state index in [1.165, 1.54) is 18.3 Å². The quantitative estimate of drug-likeness (QED) is 0.540. The number of aromatic amines is 2. The van der Waals surface area contributed by atoms with Gasteiger partial charge in [-0.25, -0.2) is 14.3 Å². The number of nitrogens with zero attached hydrogens (tertiary/aromatic N) is 3. The van der Waals surface area contributed by atoms with Crippen molar-refractivity contribution in [1.29, 1.82) is 0 Å². The minimum atomic E-state index is -4.37. The van der Waals surface area contributed by atoms with Gasteiger partial charge in [0.25, 0.3) is 5.56 Å². The predicted octanol–water partition coefficient (Wildman–Crippen LogP) is 3.06. The van der Waals surface area contributed by atoms with Crippen LogP contribution in [0.25, 0.3) is 16.9 Å². The van der Waals surface area contributed by atoms with Crippen molar-refractivity contribution >= 4 is 5.65 Å². The lowest BCUT2D eigenvalue weighted by Gasteiger charge is -2.09. The third kappa shape index (κ3) is 3.10. The van der Waals surface area contributed by atoms with Crippen LogP contribution in [0.3, 0.4) is 0 Å². The van der Waals surface area contributed by atoms with Gasteiger partial charge in [0.05, 0.1) is 16.8 Å². The van der Waals surface area contributed by atoms with E-state index >= 15 is 0 Å². The minimum absolute atomic E-state index is 0.0372. The summed E-state index contributed by atoms with van der Waals surface area (Å²) in [5, 5.41) is 4.39. The number of benzene rings is 1. The zero-order chi connectivity index (χ0) is 21.0. The summed E-state index contributed by atoms with van der Waals surface area (Å²) in [5.41, 5.74) is 1.01. The highest BCUT2D eigenvalue weighted by atomic mass is 19.4. The van der Waals surface area contributed by atoms with Gasteiger partial charge in [0.2, 0.25) is 0 Å². The Morgan fingerprint density at radius 2 is 1.87 bits per heavy atom. The van der Waals surface area contributed by atoms with E-state index in [9.17, 15) is 22.8 Å². The average molecular weight is 413 g/mol. The lowest BCUT2D eigenvalue weighted by molar-refractivity contribution is -0.137. The standard InChI is InChI=1S/C20H14F3N5O2/c21-20(22,23)11-3-1-10(2-4-11)12-7-13(12)14-8-16(27-28-6-5-24-17(14)28)15-9-25-19(30)26-18(15)29/h1-6,8-9,12-13H,7H2,(H2,25,26,29,30)/t12-,13+/m1/s1. The van der Waals surface area contributed by atoms with E-state index in [1.54, 1.807) is 23.0 Å². The van der Waals surface area contributed by atoms with Crippen LogP contribution in [0.5, 0.6) is 0 Å². The van der Waals surface area contributed by atoms with E-state index in [4.69, 9.17) is 0 Å². The maximum absolute atomic E-state index is 12.8. The summed E-state index contributed by atoms with van der Waals surface area (Å²) in [4.78, 5) is 32.4. The summed E-state index contributed by atoms with van der Waals surface area (Å²) in [6, 6.07) is 6.94. The summed E-state index contributed by atoms with van der Waals surface area (Å²) in [6.45, 7) is 0. The van der Waals surface area contributed by atoms with Crippen LogP contribution in [0, 0.1) is 0 Å². The van der Waals surface area contributed by atoms with Crippen LogP contribution in [0.2, 0.25) is 0 Å². The Hall–Kier alpha value is -3.69. The lowest BCUT2D eigenvalue weighted by Crippen LogP contribution is -2.23. The first kappa shape index (κ1) is 18.3. The molecule has 30 heavy (non-hydrogen) atoms. The second-order valence-corrected chi connectivity index (χ2v) is 7.23. The van der Waals surface area contributed by atoms with E-state index in [0.29, 0.717) is 11.3 Å². The van der Waals surface area contributed by atoms with Crippen molar-refractivity contribution < 1.29 is 13.2 Å². The second kappa shape index (κ2) is 6.41. The molecule has 1 fully saturated rings. The van der Waals surface area contributed by atoms with Gasteiger partial charge in [-0.05, 0) is 42.0 Å². The Bertz CT molecular complexity index is 1370. The highest BCUT2D eigenvalue weighted by molar-refractivity contribution is 5.63. The summed E-state index contributed by atoms with van der Waals surface area (Å²) < 4.78 is 40.0. The molecule has 0 bridgehead atoms. The maximum Gasteiger partial charge on any atom is 0.416 e. The van der Waals surface area contributed by atoms with Crippen LogP contribution in [-0.4, -0.2) is 24.6 Å². The molecule has 3 aromatic heterocycles. The number of aromatic nitrogens is 5. The molecule has 0 unspecified atom stereocenters. The zero-order valence-corrected chi connectivity index (χ0v) is 15.3. The second-order valence-electron chi connectivity index (χ2n) is 7.23. The van der Waals surface area contributed by atoms with E-state index in [0.717, 1.165) is 29.7 Å². The van der Waals surface area contributed by atoms with Crippen LogP contribution >= 0.6 is 0 Å². The lowest BCUT2D eigenvalue weighted by atomic mass is 10.0. The van der Waals surface area contributed by atoms with Crippen LogP contribution < -0.4 is 11.2 Å². The van der Waals surface area contributed by atoms with Gasteiger partial charge in [0.15, 0.2) is 5.65 Å². The van der Waals surface area contributed by atoms with Gasteiger partial charge < -0.3 is 4.98 Å². The molecule has 5 rings (SSSR count). The van der Waals surface area contributed by atoms with Gasteiger partial charge in [-0.15, -0.1) is 0 Å². The summed E-state index contributed by atoms with van der Waals surface area (Å²) in [5.74, 6) is 0.0899. The smallest absolute Gasteiger partial charge is 0.313 e. The van der Waals surface area contributed by atoms with Crippen LogP contribution in [0.4, 0.5) is 13.2 Å². The summed E-state index contributed by atoms with van der Waals surface area (Å²) in [6.07, 6.45) is 0.919. The molecule has 0 radical (unpaired) electrons. The largest absolute Gasteiger partial charge is 0.416 e. The van der Waals surface area contributed by atoms with Gasteiger partial charge in [-0.1, -0.05) is 12.1 Å². The van der Waals surface area contributed by atoms with E-state index in [-0.39, 0.29) is 17.4 Å². The Morgan fingerprint density at radius 3 is 2.57 bits per heavy atom. The first-order valence-corrected chi connectivity index (χ1v) is 9.15. The van der Waals surface area contributed by atoms with E-state index in [2.05, 4.69) is 20.1 Å². The molecule has 1 aromatic carbocycles. The van der Waals surface area contributed by atoms with Crippen molar-refractivity contribution in [2.75, 3.05) is 0 Å². The van der Waals surface area contributed by atoms with E-state index in [1.807, 2.05) is 0 Å². The Labute approximate surface area is 166 Å². The Morgan fingerprint density at radius 1 is 1.10 bits per heavy atom. The molecule has 1 aliphatic rings. The zero-order valence-electron chi connectivity index (χ0n) is 15.3. The van der Waals surface area contributed by atoms with Crippen molar-refractivity contribution in [3.05, 3.63) is 86.5 Å². The van der Waals surface area contributed by atoms with Gasteiger partial charge in [0, 0.05) is 24.2 Å². The van der Waals surface area contributed by atoms with Crippen LogP contribution in [-0.2, 0) is 6.18 Å². The molecule has 1 aliphatic carbocycles. The Balaban J connectivity index is 1.53. The summed E-state index contributed by atoms with van der Waals surface area (Å²) >= 11 is 0. The van der Waals surface area contributed by atoms with Crippen LogP contribution in [0.1, 0.15) is 34.9 Å². The fourth-order valence-electron chi connectivity index (χ4n) is 3.77. The highest BCUT2D eigenvalue weighted by Gasteiger charge is 2.42. The highest BCUT2D eigenvalue weighted by Crippen LogP contribution is 2.55. The third-order valence-corrected chi connectivity index (χ3v) is 5.34. The van der Waals surface area contributed by atoms with Gasteiger partial charge in [-0.2, -0.15) is 18.3 Å². The molecule has 2 N–H and O–H groups in total. The molecule has 152 valence electrons. The molecule has 4 aromatic rings. The van der Waals surface area contributed by atoms with Crippen molar-refractivity contribution in [3.63, 3.8) is 0 Å². The Kier molecular flexibility index (Phi) is 3.92. The number of fused-ring (bicyclic) bond motifs is 1. The van der Waals surface area contributed by atoms with Crippen molar-refractivity contribution in [3.8, 4) is 11.3 Å². The van der Waals surface area contributed by atoms with E-state index < -0.39 is 23.0 Å². The fourth-order valence-corrected chi connectivity index (χ4v) is 3.77. The van der Waals surface area contributed by atoms with Crippen molar-refractivity contribution in [1.82, 2.24) is 24.6 Å². The number of alkyl halides is 3. The normalized spacial score (nSPS) is 18.6. The molecule has 2 atom stereocenters.